The molecule has 5 nitrogen and oxygen atoms in total. The zero-order chi connectivity index (χ0) is 17.7. The molecule has 0 amide bonds. The summed E-state index contributed by atoms with van der Waals surface area (Å²) in [6.45, 7) is 6.70. The molecule has 0 unspecified atom stereocenters. The lowest BCUT2D eigenvalue weighted by Crippen LogP contribution is -2.18. The number of H-pyrrole nitrogens is 1. The third-order valence-electron chi connectivity index (χ3n) is 3.99. The Labute approximate surface area is 143 Å². The van der Waals surface area contributed by atoms with Gasteiger partial charge in [0.15, 0.2) is 0 Å². The van der Waals surface area contributed by atoms with Crippen molar-refractivity contribution in [2.75, 3.05) is 25.6 Å². The zero-order valence-electron chi connectivity index (χ0n) is 15.3. The Morgan fingerprint density at radius 1 is 1.17 bits per heavy atom. The Morgan fingerprint density at radius 2 is 1.92 bits per heavy atom. The molecule has 0 saturated carbocycles. The molecule has 0 saturated heterocycles. The largest absolute Gasteiger partial charge is 0.493 e. The highest BCUT2D eigenvalue weighted by Gasteiger charge is 2.15. The normalized spacial score (nSPS) is 10.7. The van der Waals surface area contributed by atoms with Gasteiger partial charge in [0.2, 0.25) is 0 Å². The topological polar surface area (TPSA) is 58.2 Å². The van der Waals surface area contributed by atoms with Crippen molar-refractivity contribution in [2.24, 2.45) is 0 Å². The van der Waals surface area contributed by atoms with Crippen molar-refractivity contribution in [3.8, 4) is 17.1 Å². The van der Waals surface area contributed by atoms with Gasteiger partial charge in [0, 0.05) is 25.3 Å². The van der Waals surface area contributed by atoms with E-state index < -0.39 is 0 Å². The van der Waals surface area contributed by atoms with Gasteiger partial charge in [-0.2, -0.15) is 0 Å². The van der Waals surface area contributed by atoms with Crippen LogP contribution in [0.4, 0.5) is 5.69 Å². The van der Waals surface area contributed by atoms with Gasteiger partial charge < -0.3 is 14.6 Å². The fraction of sp³-hybridized carbons (Fsp3) is 0.474. The predicted octanol–water partition coefficient (Wildman–Crippen LogP) is 3.42. The van der Waals surface area contributed by atoms with E-state index in [1.165, 1.54) is 0 Å². The highest BCUT2D eigenvalue weighted by atomic mass is 16.5. The van der Waals surface area contributed by atoms with Gasteiger partial charge in [-0.15, -0.1) is 0 Å². The van der Waals surface area contributed by atoms with Crippen LogP contribution >= 0.6 is 0 Å². The number of hydrogen-bond donors (Lipinski definition) is 1. The molecule has 0 aliphatic rings. The van der Waals surface area contributed by atoms with Gasteiger partial charge >= 0.3 is 0 Å². The van der Waals surface area contributed by atoms with Crippen LogP contribution < -0.4 is 15.2 Å². The second kappa shape index (κ2) is 7.99. The SMILES string of the molecule is CCCOc1ccc(N(C)C)cc1-c1nc(CC)c(CC)c(=O)[nH]1. The molecular weight excluding hydrogens is 302 g/mol. The Hall–Kier alpha value is -2.30. The Morgan fingerprint density at radius 3 is 2.50 bits per heavy atom. The van der Waals surface area contributed by atoms with E-state index in [4.69, 9.17) is 9.72 Å². The van der Waals surface area contributed by atoms with Crippen LogP contribution in [0, 0.1) is 0 Å². The summed E-state index contributed by atoms with van der Waals surface area (Å²) in [6, 6.07) is 5.96. The molecule has 1 aromatic carbocycles. The maximum atomic E-state index is 12.4. The number of ether oxygens (including phenoxy) is 1. The molecule has 0 fully saturated rings. The molecule has 130 valence electrons. The van der Waals surface area contributed by atoms with Crippen molar-refractivity contribution in [3.05, 3.63) is 39.8 Å². The first-order valence-corrected chi connectivity index (χ1v) is 8.58. The predicted molar refractivity (Wildman–Crippen MR) is 99.2 cm³/mol. The van der Waals surface area contributed by atoms with Crippen molar-refractivity contribution in [1.82, 2.24) is 9.97 Å². The minimum absolute atomic E-state index is 0.0592. The standard InChI is InChI=1S/C19H27N3O2/c1-6-11-24-17-10-9-13(22(4)5)12-15(17)18-20-16(8-3)14(7-2)19(23)21-18/h9-10,12H,6-8,11H2,1-5H3,(H,20,21,23). The molecule has 0 bridgehead atoms. The molecule has 0 aliphatic carbocycles. The van der Waals surface area contributed by atoms with E-state index in [1.807, 2.05) is 51.0 Å². The van der Waals surface area contributed by atoms with Gasteiger partial charge in [0.25, 0.3) is 5.56 Å². The van der Waals surface area contributed by atoms with E-state index in [9.17, 15) is 4.79 Å². The lowest BCUT2D eigenvalue weighted by Gasteiger charge is -2.17. The summed E-state index contributed by atoms with van der Waals surface area (Å²) in [5.41, 5.74) is 3.42. The molecule has 1 heterocycles. The lowest BCUT2D eigenvalue weighted by atomic mass is 10.1. The maximum Gasteiger partial charge on any atom is 0.254 e. The smallest absolute Gasteiger partial charge is 0.254 e. The first kappa shape index (κ1) is 18.0. The van der Waals surface area contributed by atoms with Crippen molar-refractivity contribution < 1.29 is 4.74 Å². The van der Waals surface area contributed by atoms with E-state index in [-0.39, 0.29) is 5.56 Å². The number of benzene rings is 1. The van der Waals surface area contributed by atoms with E-state index in [2.05, 4.69) is 11.9 Å². The van der Waals surface area contributed by atoms with Crippen molar-refractivity contribution in [1.29, 1.82) is 0 Å². The second-order valence-corrected chi connectivity index (χ2v) is 5.97. The Balaban J connectivity index is 2.62. The third kappa shape index (κ3) is 3.78. The van der Waals surface area contributed by atoms with E-state index >= 15 is 0 Å². The second-order valence-electron chi connectivity index (χ2n) is 5.97. The summed E-state index contributed by atoms with van der Waals surface area (Å²) < 4.78 is 5.86. The van der Waals surface area contributed by atoms with Crippen LogP contribution in [0.1, 0.15) is 38.4 Å². The number of anilines is 1. The average Bonchev–Trinajstić information content (AvgIpc) is 2.58. The monoisotopic (exact) mass is 329 g/mol. The van der Waals surface area contributed by atoms with Crippen molar-refractivity contribution >= 4 is 5.69 Å². The molecule has 1 aromatic heterocycles. The number of aromatic amines is 1. The summed E-state index contributed by atoms with van der Waals surface area (Å²) in [5, 5.41) is 0. The van der Waals surface area contributed by atoms with Gasteiger partial charge in [0.05, 0.1) is 17.9 Å². The van der Waals surface area contributed by atoms with Crippen LogP contribution in [0.25, 0.3) is 11.4 Å². The number of aromatic nitrogens is 2. The number of nitrogens with one attached hydrogen (secondary N) is 1. The average molecular weight is 329 g/mol. The fourth-order valence-corrected chi connectivity index (χ4v) is 2.65. The fourth-order valence-electron chi connectivity index (χ4n) is 2.65. The first-order chi connectivity index (χ1) is 11.5. The highest BCUT2D eigenvalue weighted by Crippen LogP contribution is 2.31. The van der Waals surface area contributed by atoms with Gasteiger partial charge in [-0.25, -0.2) is 4.98 Å². The summed E-state index contributed by atoms with van der Waals surface area (Å²) >= 11 is 0. The molecule has 5 heteroatoms. The van der Waals surface area contributed by atoms with Crippen LogP contribution in [0.3, 0.4) is 0 Å². The van der Waals surface area contributed by atoms with Crippen molar-refractivity contribution in [2.45, 2.75) is 40.0 Å². The van der Waals surface area contributed by atoms with Gasteiger partial charge in [-0.3, -0.25) is 4.79 Å². The van der Waals surface area contributed by atoms with Crippen LogP contribution in [-0.2, 0) is 12.8 Å². The highest BCUT2D eigenvalue weighted by molar-refractivity contribution is 5.70. The summed E-state index contributed by atoms with van der Waals surface area (Å²) in [6.07, 6.45) is 2.34. The minimum atomic E-state index is -0.0592. The number of hydrogen-bond acceptors (Lipinski definition) is 4. The van der Waals surface area contributed by atoms with E-state index in [0.717, 1.165) is 41.1 Å². The Bertz CT molecular complexity index is 751. The molecule has 0 atom stereocenters. The first-order valence-electron chi connectivity index (χ1n) is 8.58. The molecule has 24 heavy (non-hydrogen) atoms. The number of nitrogens with zero attached hydrogens (tertiary/aromatic N) is 2. The van der Waals surface area contributed by atoms with Crippen LogP contribution in [-0.4, -0.2) is 30.7 Å². The minimum Gasteiger partial charge on any atom is -0.493 e. The molecule has 2 rings (SSSR count). The summed E-state index contributed by atoms with van der Waals surface area (Å²) in [5.74, 6) is 1.32. The number of rotatable bonds is 7. The van der Waals surface area contributed by atoms with Gasteiger partial charge in [0.1, 0.15) is 11.6 Å². The molecule has 0 spiro atoms. The van der Waals surface area contributed by atoms with Gasteiger partial charge in [-0.1, -0.05) is 20.8 Å². The van der Waals surface area contributed by atoms with Gasteiger partial charge in [-0.05, 0) is 37.5 Å². The molecule has 0 radical (unpaired) electrons. The summed E-state index contributed by atoms with van der Waals surface area (Å²) in [4.78, 5) is 22.1. The molecular formula is C19H27N3O2. The van der Waals surface area contributed by atoms with E-state index in [0.29, 0.717) is 18.9 Å². The van der Waals surface area contributed by atoms with Crippen molar-refractivity contribution in [3.63, 3.8) is 0 Å². The summed E-state index contributed by atoms with van der Waals surface area (Å²) in [7, 11) is 3.97. The molecule has 2 aromatic rings. The molecule has 0 aliphatic heterocycles. The quantitative estimate of drug-likeness (QED) is 0.845. The maximum absolute atomic E-state index is 12.4. The Kier molecular flexibility index (Phi) is 6.01. The number of aryl methyl sites for hydroxylation is 1. The van der Waals surface area contributed by atoms with Crippen LogP contribution in [0.15, 0.2) is 23.0 Å². The molecule has 1 N–H and O–H groups in total. The lowest BCUT2D eigenvalue weighted by molar-refractivity contribution is 0.318. The van der Waals surface area contributed by atoms with E-state index in [1.54, 1.807) is 0 Å². The van der Waals surface area contributed by atoms with Crippen LogP contribution in [0.5, 0.6) is 5.75 Å². The third-order valence-corrected chi connectivity index (χ3v) is 3.99. The zero-order valence-corrected chi connectivity index (χ0v) is 15.3. The van der Waals surface area contributed by atoms with Crippen LogP contribution in [0.2, 0.25) is 0 Å².